The van der Waals surface area contributed by atoms with Crippen LogP contribution in [0.15, 0.2) is 6.07 Å². The van der Waals surface area contributed by atoms with Crippen molar-refractivity contribution in [3.8, 4) is 6.07 Å². The van der Waals surface area contributed by atoms with Gasteiger partial charge in [-0.15, -0.1) is 0 Å². The van der Waals surface area contributed by atoms with Gasteiger partial charge in [0.15, 0.2) is 0 Å². The number of esters is 1. The smallest absolute Gasteiger partial charge is 0.314 e. The van der Waals surface area contributed by atoms with Crippen molar-refractivity contribution in [3.05, 3.63) is 33.1 Å². The van der Waals surface area contributed by atoms with E-state index < -0.39 is 40.7 Å². The number of halogens is 2. The molecular weight excluding hydrogens is 276 g/mol. The predicted molar refractivity (Wildman–Crippen MR) is 60.9 cm³/mol. The summed E-state index contributed by atoms with van der Waals surface area (Å²) in [6.45, 7) is 1.66. The maximum absolute atomic E-state index is 12.8. The minimum atomic E-state index is -3.16. The van der Waals surface area contributed by atoms with Gasteiger partial charge in [0, 0.05) is 0 Å². The second-order valence-electron chi connectivity index (χ2n) is 3.55. The number of carbonyl (C=O) groups excluding carboxylic acids is 1. The number of aromatic nitrogens is 1. The zero-order chi connectivity index (χ0) is 15.3. The molecule has 1 aromatic heterocycles. The Morgan fingerprint density at radius 1 is 1.65 bits per heavy atom. The Kier molecular flexibility index (Phi) is 5.02. The van der Waals surface area contributed by atoms with Crippen molar-refractivity contribution in [1.29, 1.82) is 5.26 Å². The standard InChI is InChI=1S/C11H9F2N3O4/c1-2-20-9(17)4-6-3-7(11(12)13)10(16(18)19)8(5-14)15-6/h3,11H,2,4H2,1H3. The molecule has 0 fully saturated rings. The molecule has 20 heavy (non-hydrogen) atoms. The fourth-order valence-electron chi connectivity index (χ4n) is 1.50. The zero-order valence-electron chi connectivity index (χ0n) is 10.3. The van der Waals surface area contributed by atoms with E-state index in [0.717, 1.165) is 6.07 Å². The van der Waals surface area contributed by atoms with Crippen LogP contribution in [0.5, 0.6) is 0 Å². The van der Waals surface area contributed by atoms with Crippen LogP contribution >= 0.6 is 0 Å². The van der Waals surface area contributed by atoms with Crippen molar-refractivity contribution in [3.63, 3.8) is 0 Å². The molecule has 0 saturated carbocycles. The summed E-state index contributed by atoms with van der Waals surface area (Å²) in [4.78, 5) is 24.4. The molecule has 0 aliphatic heterocycles. The number of nitriles is 1. The van der Waals surface area contributed by atoms with E-state index >= 15 is 0 Å². The highest BCUT2D eigenvalue weighted by atomic mass is 19.3. The first-order valence-corrected chi connectivity index (χ1v) is 5.42. The number of pyridine rings is 1. The average Bonchev–Trinajstić information content (AvgIpc) is 2.37. The van der Waals surface area contributed by atoms with Crippen molar-refractivity contribution in [2.75, 3.05) is 6.61 Å². The topological polar surface area (TPSA) is 106 Å². The molecule has 0 atom stereocenters. The molecule has 0 bridgehead atoms. The van der Waals surface area contributed by atoms with Crippen LogP contribution in [0.2, 0.25) is 0 Å². The van der Waals surface area contributed by atoms with Crippen LogP contribution in [-0.2, 0) is 16.0 Å². The van der Waals surface area contributed by atoms with Gasteiger partial charge in [-0.2, -0.15) is 5.26 Å². The van der Waals surface area contributed by atoms with Crippen molar-refractivity contribution in [2.45, 2.75) is 19.8 Å². The first kappa shape index (κ1) is 15.4. The minimum Gasteiger partial charge on any atom is -0.466 e. The first-order valence-electron chi connectivity index (χ1n) is 5.42. The lowest BCUT2D eigenvalue weighted by atomic mass is 10.1. The number of hydrogen-bond acceptors (Lipinski definition) is 6. The van der Waals surface area contributed by atoms with Crippen LogP contribution in [0.4, 0.5) is 14.5 Å². The van der Waals surface area contributed by atoms with E-state index in [0.29, 0.717) is 0 Å². The summed E-state index contributed by atoms with van der Waals surface area (Å²) in [5.74, 6) is -0.724. The molecule has 0 amide bonds. The van der Waals surface area contributed by atoms with Gasteiger partial charge in [-0.25, -0.2) is 13.8 Å². The van der Waals surface area contributed by atoms with Crippen LogP contribution in [0.1, 0.15) is 30.3 Å². The fraction of sp³-hybridized carbons (Fsp3) is 0.364. The summed E-state index contributed by atoms with van der Waals surface area (Å²) in [6.07, 6.45) is -3.60. The lowest BCUT2D eigenvalue weighted by Gasteiger charge is -2.06. The van der Waals surface area contributed by atoms with E-state index in [9.17, 15) is 23.7 Å². The first-order chi connectivity index (χ1) is 9.40. The van der Waals surface area contributed by atoms with Crippen molar-refractivity contribution in [1.82, 2.24) is 4.98 Å². The minimum absolute atomic E-state index is 0.0959. The maximum Gasteiger partial charge on any atom is 0.314 e. The third-order valence-corrected chi connectivity index (χ3v) is 2.23. The maximum atomic E-state index is 12.8. The van der Waals surface area contributed by atoms with E-state index in [1.165, 1.54) is 6.07 Å². The summed E-state index contributed by atoms with van der Waals surface area (Å²) in [6, 6.07) is 2.12. The molecular formula is C11H9F2N3O4. The number of nitrogens with zero attached hydrogens (tertiary/aromatic N) is 3. The van der Waals surface area contributed by atoms with Gasteiger partial charge in [-0.3, -0.25) is 14.9 Å². The van der Waals surface area contributed by atoms with E-state index in [1.54, 1.807) is 6.92 Å². The summed E-state index contributed by atoms with van der Waals surface area (Å²) >= 11 is 0. The Morgan fingerprint density at radius 3 is 2.75 bits per heavy atom. The SMILES string of the molecule is CCOC(=O)Cc1cc(C(F)F)c([N+](=O)[O-])c(C#N)n1. The summed E-state index contributed by atoms with van der Waals surface area (Å²) in [5.41, 5.74) is -2.93. The lowest BCUT2D eigenvalue weighted by molar-refractivity contribution is -0.386. The third-order valence-electron chi connectivity index (χ3n) is 2.23. The van der Waals surface area contributed by atoms with Gasteiger partial charge in [0.25, 0.3) is 6.43 Å². The molecule has 106 valence electrons. The Balaban J connectivity index is 3.31. The molecule has 0 unspecified atom stereocenters. The highest BCUT2D eigenvalue weighted by Crippen LogP contribution is 2.31. The second-order valence-corrected chi connectivity index (χ2v) is 3.55. The number of rotatable bonds is 5. The van der Waals surface area contributed by atoms with Crippen LogP contribution in [0.25, 0.3) is 0 Å². The molecule has 0 aliphatic rings. The van der Waals surface area contributed by atoms with Gasteiger partial charge >= 0.3 is 11.7 Å². The highest BCUT2D eigenvalue weighted by Gasteiger charge is 2.28. The monoisotopic (exact) mass is 285 g/mol. The summed E-state index contributed by atoms with van der Waals surface area (Å²) in [7, 11) is 0. The van der Waals surface area contributed by atoms with Gasteiger partial charge in [0.2, 0.25) is 5.69 Å². The zero-order valence-corrected chi connectivity index (χ0v) is 10.3. The molecule has 1 aromatic rings. The number of alkyl halides is 2. The van der Waals surface area contributed by atoms with Crippen LogP contribution in [0.3, 0.4) is 0 Å². The van der Waals surface area contributed by atoms with Gasteiger partial charge in [-0.1, -0.05) is 0 Å². The second kappa shape index (κ2) is 6.51. The van der Waals surface area contributed by atoms with Gasteiger partial charge in [0.1, 0.15) is 11.6 Å². The predicted octanol–water partition coefficient (Wildman–Crippen LogP) is 1.90. The molecule has 0 saturated heterocycles. The molecule has 7 nitrogen and oxygen atoms in total. The number of nitro groups is 1. The molecule has 0 spiro atoms. The average molecular weight is 285 g/mol. The molecule has 0 aliphatic carbocycles. The van der Waals surface area contributed by atoms with E-state index in [2.05, 4.69) is 9.72 Å². The molecule has 1 heterocycles. The van der Waals surface area contributed by atoms with E-state index in [-0.39, 0.29) is 12.3 Å². The van der Waals surface area contributed by atoms with Crippen LogP contribution in [-0.4, -0.2) is 22.5 Å². The van der Waals surface area contributed by atoms with Crippen molar-refractivity contribution >= 4 is 11.7 Å². The van der Waals surface area contributed by atoms with Crippen molar-refractivity contribution < 1.29 is 23.2 Å². The molecule has 0 N–H and O–H groups in total. The summed E-state index contributed by atoms with van der Waals surface area (Å²) < 4.78 is 30.2. The Hall–Kier alpha value is -2.63. The number of hydrogen-bond donors (Lipinski definition) is 0. The van der Waals surface area contributed by atoms with Gasteiger partial charge < -0.3 is 4.74 Å². The van der Waals surface area contributed by atoms with E-state index in [1.807, 2.05) is 0 Å². The quantitative estimate of drug-likeness (QED) is 0.464. The van der Waals surface area contributed by atoms with Crippen LogP contribution in [0, 0.1) is 21.4 Å². The Bertz CT molecular complexity index is 584. The molecule has 9 heteroatoms. The fourth-order valence-corrected chi connectivity index (χ4v) is 1.50. The number of ether oxygens (including phenoxy) is 1. The molecule has 0 radical (unpaired) electrons. The number of carbonyl (C=O) groups is 1. The third kappa shape index (κ3) is 3.44. The van der Waals surface area contributed by atoms with Gasteiger partial charge in [0.05, 0.1) is 23.6 Å². The van der Waals surface area contributed by atoms with Crippen LogP contribution < -0.4 is 0 Å². The highest BCUT2D eigenvalue weighted by molar-refractivity contribution is 5.72. The largest absolute Gasteiger partial charge is 0.466 e. The van der Waals surface area contributed by atoms with Crippen molar-refractivity contribution in [2.24, 2.45) is 0 Å². The van der Waals surface area contributed by atoms with Gasteiger partial charge in [-0.05, 0) is 13.0 Å². The molecule has 1 rings (SSSR count). The van der Waals surface area contributed by atoms with E-state index in [4.69, 9.17) is 5.26 Å². The Morgan fingerprint density at radius 2 is 2.30 bits per heavy atom. The lowest BCUT2D eigenvalue weighted by Crippen LogP contribution is -2.11. The summed E-state index contributed by atoms with van der Waals surface area (Å²) in [5, 5.41) is 19.5. The Labute approximate surface area is 111 Å². The molecule has 0 aromatic carbocycles. The normalized spacial score (nSPS) is 10.2.